The van der Waals surface area contributed by atoms with Gasteiger partial charge >= 0.3 is 0 Å². The molecule has 3 nitrogen and oxygen atoms in total. The van der Waals surface area contributed by atoms with Gasteiger partial charge in [-0.3, -0.25) is 0 Å². The predicted molar refractivity (Wildman–Crippen MR) is 50.7 cm³/mol. The molecule has 2 N–H and O–H groups in total. The maximum Gasteiger partial charge on any atom is 0.151 e. The molecule has 13 heavy (non-hydrogen) atoms. The van der Waals surface area contributed by atoms with Crippen LogP contribution in [0.5, 0.6) is 0 Å². The van der Waals surface area contributed by atoms with Crippen LogP contribution in [-0.4, -0.2) is 11.6 Å². The molecule has 1 atom stereocenters. The van der Waals surface area contributed by atoms with Crippen LogP contribution < -0.4 is 5.73 Å². The minimum absolute atomic E-state index is 0.264. The highest BCUT2D eigenvalue weighted by molar-refractivity contribution is 5.28. The summed E-state index contributed by atoms with van der Waals surface area (Å²) in [6.07, 6.45) is 2.06. The van der Waals surface area contributed by atoms with E-state index >= 15 is 0 Å². The summed E-state index contributed by atoms with van der Waals surface area (Å²) in [5.74, 6) is 0.690. The molecule has 1 aliphatic rings. The summed E-state index contributed by atoms with van der Waals surface area (Å²) >= 11 is 0. The van der Waals surface area contributed by atoms with Crippen LogP contribution in [0.15, 0.2) is 11.3 Å². The molecule has 1 saturated carbocycles. The Morgan fingerprint density at radius 2 is 2.08 bits per heavy atom. The number of nitrogens with two attached hydrogens (primary N) is 1. The van der Waals surface area contributed by atoms with Crippen molar-refractivity contribution in [3.63, 3.8) is 0 Å². The molecular formula is C10H16N2O. The van der Waals surface area contributed by atoms with Crippen molar-refractivity contribution in [1.82, 2.24) is 0 Å². The van der Waals surface area contributed by atoms with E-state index in [0.29, 0.717) is 5.76 Å². The quantitative estimate of drug-likeness (QED) is 0.658. The molecular weight excluding hydrogens is 164 g/mol. The van der Waals surface area contributed by atoms with E-state index in [-0.39, 0.29) is 5.60 Å². The van der Waals surface area contributed by atoms with Crippen LogP contribution in [0.3, 0.4) is 0 Å². The first-order valence-electron chi connectivity index (χ1n) is 4.50. The van der Waals surface area contributed by atoms with Crippen molar-refractivity contribution in [2.24, 2.45) is 5.73 Å². The van der Waals surface area contributed by atoms with Crippen molar-refractivity contribution in [1.29, 1.82) is 5.26 Å². The summed E-state index contributed by atoms with van der Waals surface area (Å²) in [6, 6.07) is 1.40. The summed E-state index contributed by atoms with van der Waals surface area (Å²) in [4.78, 5) is 0. The van der Waals surface area contributed by atoms with Crippen LogP contribution in [-0.2, 0) is 4.74 Å². The minimum Gasteiger partial charge on any atom is -0.490 e. The standard InChI is InChI=1S/C10H16N2O/c1-10(2,3)13-9(7-4-5-7)8(12)6-11/h8H,4-5,12H2,1-3H3. The smallest absolute Gasteiger partial charge is 0.151 e. The third kappa shape index (κ3) is 3.08. The molecule has 0 aliphatic heterocycles. The molecule has 0 aromatic rings. The topological polar surface area (TPSA) is 59.0 Å². The normalized spacial score (nSPS) is 17.6. The van der Waals surface area contributed by atoms with E-state index in [4.69, 9.17) is 15.7 Å². The largest absolute Gasteiger partial charge is 0.490 e. The fourth-order valence-electron chi connectivity index (χ4n) is 1.05. The first kappa shape index (κ1) is 10.1. The molecule has 0 aromatic heterocycles. The van der Waals surface area contributed by atoms with Crippen LogP contribution in [0.2, 0.25) is 0 Å². The van der Waals surface area contributed by atoms with Crippen LogP contribution in [0.4, 0.5) is 0 Å². The lowest BCUT2D eigenvalue weighted by molar-refractivity contribution is 0.0455. The Morgan fingerprint density at radius 3 is 2.38 bits per heavy atom. The number of hydrogen-bond acceptors (Lipinski definition) is 3. The van der Waals surface area contributed by atoms with Gasteiger partial charge in [0.15, 0.2) is 6.04 Å². The lowest BCUT2D eigenvalue weighted by Crippen LogP contribution is -2.29. The van der Waals surface area contributed by atoms with Gasteiger partial charge in [0, 0.05) is 0 Å². The molecule has 0 bridgehead atoms. The molecule has 3 heteroatoms. The fourth-order valence-corrected chi connectivity index (χ4v) is 1.05. The van der Waals surface area contributed by atoms with Crippen LogP contribution in [0, 0.1) is 11.3 Å². The van der Waals surface area contributed by atoms with Crippen molar-refractivity contribution < 1.29 is 4.74 Å². The second-order valence-electron chi connectivity index (χ2n) is 4.29. The molecule has 1 rings (SSSR count). The molecule has 0 amide bonds. The number of nitriles is 1. The van der Waals surface area contributed by atoms with E-state index in [1.807, 2.05) is 26.8 Å². The van der Waals surface area contributed by atoms with Gasteiger partial charge < -0.3 is 10.5 Å². The Hall–Kier alpha value is -1.01. The van der Waals surface area contributed by atoms with Gasteiger partial charge in [-0.05, 0) is 39.2 Å². The molecule has 0 saturated heterocycles. The zero-order valence-corrected chi connectivity index (χ0v) is 8.42. The molecule has 0 radical (unpaired) electrons. The third-order valence-electron chi connectivity index (χ3n) is 1.69. The molecule has 0 aromatic carbocycles. The lowest BCUT2D eigenvalue weighted by Gasteiger charge is -2.24. The number of hydrogen-bond donors (Lipinski definition) is 1. The number of nitrogens with zero attached hydrogens (tertiary/aromatic N) is 1. The minimum atomic E-state index is -0.600. The molecule has 1 unspecified atom stereocenters. The Kier molecular flexibility index (Phi) is 2.63. The molecule has 72 valence electrons. The maximum absolute atomic E-state index is 8.69. The van der Waals surface area contributed by atoms with E-state index in [0.717, 1.165) is 12.8 Å². The van der Waals surface area contributed by atoms with E-state index in [1.54, 1.807) is 0 Å². The highest BCUT2D eigenvalue weighted by atomic mass is 16.5. The van der Waals surface area contributed by atoms with Crippen LogP contribution >= 0.6 is 0 Å². The average Bonchev–Trinajstić information content (AvgIpc) is 2.79. The van der Waals surface area contributed by atoms with Gasteiger partial charge in [-0.2, -0.15) is 5.26 Å². The van der Waals surface area contributed by atoms with Gasteiger partial charge in [0.1, 0.15) is 11.4 Å². The first-order valence-corrected chi connectivity index (χ1v) is 4.50. The second kappa shape index (κ2) is 3.39. The summed E-state index contributed by atoms with van der Waals surface area (Å²) in [5.41, 5.74) is 6.55. The van der Waals surface area contributed by atoms with Gasteiger partial charge in [-0.15, -0.1) is 0 Å². The van der Waals surface area contributed by atoms with Crippen LogP contribution in [0.1, 0.15) is 33.6 Å². The zero-order valence-electron chi connectivity index (χ0n) is 8.42. The Morgan fingerprint density at radius 1 is 1.54 bits per heavy atom. The van der Waals surface area contributed by atoms with Gasteiger partial charge in [0.05, 0.1) is 6.07 Å². The SMILES string of the molecule is CC(C)(C)OC(=C1CC1)C(N)C#N. The molecule has 0 spiro atoms. The van der Waals surface area contributed by atoms with Gasteiger partial charge in [-0.1, -0.05) is 0 Å². The number of rotatable bonds is 2. The first-order chi connectivity index (χ1) is 5.94. The van der Waals surface area contributed by atoms with Gasteiger partial charge in [0.25, 0.3) is 0 Å². The van der Waals surface area contributed by atoms with E-state index in [9.17, 15) is 0 Å². The van der Waals surface area contributed by atoms with E-state index in [1.165, 1.54) is 5.57 Å². The van der Waals surface area contributed by atoms with Crippen molar-refractivity contribution in [2.45, 2.75) is 45.3 Å². The summed E-state index contributed by atoms with van der Waals surface area (Å²) < 4.78 is 5.65. The summed E-state index contributed by atoms with van der Waals surface area (Å²) in [5, 5.41) is 8.69. The second-order valence-corrected chi connectivity index (χ2v) is 4.29. The zero-order chi connectivity index (χ0) is 10.1. The maximum atomic E-state index is 8.69. The van der Waals surface area contributed by atoms with Crippen molar-refractivity contribution in [3.05, 3.63) is 11.3 Å². The summed E-state index contributed by atoms with van der Waals surface area (Å²) in [7, 11) is 0. The van der Waals surface area contributed by atoms with Crippen molar-refractivity contribution in [3.8, 4) is 6.07 Å². The molecule has 1 aliphatic carbocycles. The van der Waals surface area contributed by atoms with Crippen LogP contribution in [0.25, 0.3) is 0 Å². The van der Waals surface area contributed by atoms with Crippen molar-refractivity contribution >= 4 is 0 Å². The number of ether oxygens (including phenoxy) is 1. The van der Waals surface area contributed by atoms with Crippen molar-refractivity contribution in [2.75, 3.05) is 0 Å². The van der Waals surface area contributed by atoms with Gasteiger partial charge in [0.2, 0.25) is 0 Å². The third-order valence-corrected chi connectivity index (χ3v) is 1.69. The highest BCUT2D eigenvalue weighted by Gasteiger charge is 2.27. The monoisotopic (exact) mass is 180 g/mol. The average molecular weight is 180 g/mol. The Labute approximate surface area is 79.2 Å². The molecule has 1 fully saturated rings. The fraction of sp³-hybridized carbons (Fsp3) is 0.700. The molecule has 0 heterocycles. The summed E-state index contributed by atoms with van der Waals surface area (Å²) in [6.45, 7) is 5.88. The lowest BCUT2D eigenvalue weighted by atomic mass is 10.1. The van der Waals surface area contributed by atoms with Gasteiger partial charge in [-0.25, -0.2) is 0 Å². The Balaban J connectivity index is 2.73. The predicted octanol–water partition coefficient (Wildman–Crippen LogP) is 1.70. The number of allylic oxidation sites excluding steroid dienone is 1. The Bertz CT molecular complexity index is 262. The van der Waals surface area contributed by atoms with E-state index in [2.05, 4.69) is 0 Å². The highest BCUT2D eigenvalue weighted by Crippen LogP contribution is 2.34. The van der Waals surface area contributed by atoms with E-state index < -0.39 is 6.04 Å².